The van der Waals surface area contributed by atoms with E-state index in [1.165, 1.54) is 19.2 Å². The largest absolute Gasteiger partial charge is 0.497 e. The zero-order valence-corrected chi connectivity index (χ0v) is 16.2. The number of anilines is 4. The number of aryl methyl sites for hydroxylation is 1. The molecule has 0 unspecified atom stereocenters. The molecule has 0 atom stereocenters. The zero-order valence-electron chi connectivity index (χ0n) is 15.4. The van der Waals surface area contributed by atoms with Crippen molar-refractivity contribution < 1.29 is 13.2 Å². The van der Waals surface area contributed by atoms with Crippen molar-refractivity contribution in [1.29, 1.82) is 0 Å². The van der Waals surface area contributed by atoms with Crippen molar-refractivity contribution in [2.45, 2.75) is 18.7 Å². The van der Waals surface area contributed by atoms with Gasteiger partial charge in [-0.2, -0.15) is 10.1 Å². The van der Waals surface area contributed by atoms with Crippen molar-refractivity contribution in [2.75, 3.05) is 24.0 Å². The van der Waals surface area contributed by atoms with E-state index in [1.807, 2.05) is 13.8 Å². The van der Waals surface area contributed by atoms with E-state index in [1.54, 1.807) is 18.3 Å². The molecule has 0 saturated heterocycles. The molecule has 0 aliphatic carbocycles. The summed E-state index contributed by atoms with van der Waals surface area (Å²) in [6, 6.07) is 6.34. The summed E-state index contributed by atoms with van der Waals surface area (Å²) in [5.74, 6) is 1.95. The van der Waals surface area contributed by atoms with E-state index in [-0.39, 0.29) is 4.90 Å². The first-order valence-corrected chi connectivity index (χ1v) is 9.93. The molecule has 0 aliphatic rings. The van der Waals surface area contributed by atoms with Gasteiger partial charge in [-0.3, -0.25) is 5.10 Å². The quantitative estimate of drug-likeness (QED) is 0.589. The Balaban J connectivity index is 1.87. The predicted molar refractivity (Wildman–Crippen MR) is 103 cm³/mol. The Morgan fingerprint density at radius 3 is 2.56 bits per heavy atom. The third kappa shape index (κ3) is 4.34. The normalized spacial score (nSPS) is 11.3. The van der Waals surface area contributed by atoms with Crippen LogP contribution in [-0.4, -0.2) is 41.9 Å². The highest BCUT2D eigenvalue weighted by Gasteiger charge is 2.12. The summed E-state index contributed by atoms with van der Waals surface area (Å²) in [7, 11) is -1.91. The molecule has 0 aliphatic heterocycles. The second kappa shape index (κ2) is 7.23. The fraction of sp³-hybridized carbons (Fsp3) is 0.235. The van der Waals surface area contributed by atoms with E-state index in [0.717, 1.165) is 17.5 Å². The maximum Gasteiger partial charge on any atom is 0.229 e. The molecule has 0 saturated carbocycles. The summed E-state index contributed by atoms with van der Waals surface area (Å²) >= 11 is 0. The molecule has 2 aromatic heterocycles. The average molecular weight is 388 g/mol. The predicted octanol–water partition coefficient (Wildman–Crippen LogP) is 2.72. The van der Waals surface area contributed by atoms with Crippen LogP contribution in [-0.2, 0) is 9.84 Å². The molecule has 10 heteroatoms. The van der Waals surface area contributed by atoms with Crippen molar-refractivity contribution in [3.8, 4) is 5.75 Å². The Labute approximate surface area is 157 Å². The Morgan fingerprint density at radius 1 is 1.15 bits per heavy atom. The molecule has 0 spiro atoms. The van der Waals surface area contributed by atoms with Crippen molar-refractivity contribution in [3.63, 3.8) is 0 Å². The minimum atomic E-state index is -3.39. The van der Waals surface area contributed by atoms with E-state index < -0.39 is 9.84 Å². The number of nitrogens with one attached hydrogen (secondary N) is 3. The fourth-order valence-corrected chi connectivity index (χ4v) is 2.99. The molecule has 0 radical (unpaired) electrons. The topological polar surface area (TPSA) is 122 Å². The van der Waals surface area contributed by atoms with Crippen LogP contribution in [0.25, 0.3) is 0 Å². The van der Waals surface area contributed by atoms with Crippen molar-refractivity contribution in [3.05, 3.63) is 41.7 Å². The van der Waals surface area contributed by atoms with E-state index in [0.29, 0.717) is 29.0 Å². The smallest absolute Gasteiger partial charge is 0.229 e. The van der Waals surface area contributed by atoms with E-state index in [2.05, 4.69) is 30.8 Å². The lowest BCUT2D eigenvalue weighted by Gasteiger charge is -2.10. The molecule has 142 valence electrons. The molecular weight excluding hydrogens is 368 g/mol. The zero-order chi connectivity index (χ0) is 19.6. The lowest BCUT2D eigenvalue weighted by Crippen LogP contribution is -2.03. The van der Waals surface area contributed by atoms with Gasteiger partial charge in [0.15, 0.2) is 15.7 Å². The number of ether oxygens (including phenoxy) is 1. The second-order valence-electron chi connectivity index (χ2n) is 6.01. The molecule has 0 bridgehead atoms. The van der Waals surface area contributed by atoms with E-state index in [9.17, 15) is 8.42 Å². The van der Waals surface area contributed by atoms with Gasteiger partial charge in [-0.25, -0.2) is 13.4 Å². The van der Waals surface area contributed by atoms with Gasteiger partial charge < -0.3 is 15.4 Å². The number of methoxy groups -OCH3 is 1. The molecule has 2 heterocycles. The van der Waals surface area contributed by atoms with Gasteiger partial charge in [-0.15, -0.1) is 0 Å². The number of H-pyrrole nitrogens is 1. The van der Waals surface area contributed by atoms with Crippen LogP contribution in [0.2, 0.25) is 0 Å². The Kier molecular flexibility index (Phi) is 5.00. The van der Waals surface area contributed by atoms with Crippen LogP contribution in [0.1, 0.15) is 11.3 Å². The van der Waals surface area contributed by atoms with Crippen LogP contribution in [0.5, 0.6) is 5.75 Å². The highest BCUT2D eigenvalue weighted by Crippen LogP contribution is 2.26. The molecule has 0 fully saturated rings. The number of hydrogen-bond donors (Lipinski definition) is 3. The number of hydrogen-bond acceptors (Lipinski definition) is 8. The summed E-state index contributed by atoms with van der Waals surface area (Å²) in [5, 5.41) is 13.2. The van der Waals surface area contributed by atoms with Crippen LogP contribution < -0.4 is 15.4 Å². The van der Waals surface area contributed by atoms with Crippen molar-refractivity contribution in [1.82, 2.24) is 20.2 Å². The molecule has 9 nitrogen and oxygen atoms in total. The molecular formula is C17H20N6O3S. The first-order valence-electron chi connectivity index (χ1n) is 8.04. The van der Waals surface area contributed by atoms with E-state index >= 15 is 0 Å². The number of rotatable bonds is 6. The van der Waals surface area contributed by atoms with Gasteiger partial charge in [0.2, 0.25) is 5.95 Å². The number of sulfone groups is 1. The molecule has 1 aromatic carbocycles. The number of benzene rings is 1. The van der Waals surface area contributed by atoms with Crippen LogP contribution in [0, 0.1) is 13.8 Å². The number of nitrogens with zero attached hydrogens (tertiary/aromatic N) is 3. The summed E-state index contributed by atoms with van der Waals surface area (Å²) < 4.78 is 28.9. The fourth-order valence-electron chi connectivity index (χ4n) is 2.32. The van der Waals surface area contributed by atoms with Crippen LogP contribution in [0.15, 0.2) is 35.4 Å². The van der Waals surface area contributed by atoms with Crippen LogP contribution >= 0.6 is 0 Å². The highest BCUT2D eigenvalue weighted by molar-refractivity contribution is 7.90. The van der Waals surface area contributed by atoms with Crippen LogP contribution in [0.4, 0.5) is 23.3 Å². The standard InChI is InChI=1S/C17H20N6O3S/c1-10-11(2)22-23-16(10)20-15-5-6-18-17(21-15)19-12-7-13(26-3)9-14(8-12)27(4,24)25/h5-9H,1-4H3,(H3,18,19,20,21,22,23). The van der Waals surface area contributed by atoms with Gasteiger partial charge in [-0.05, 0) is 32.0 Å². The van der Waals surface area contributed by atoms with Gasteiger partial charge in [0.05, 0.1) is 12.0 Å². The minimum absolute atomic E-state index is 0.140. The molecule has 3 rings (SSSR count). The second-order valence-corrected chi connectivity index (χ2v) is 8.02. The first-order chi connectivity index (χ1) is 12.8. The summed E-state index contributed by atoms with van der Waals surface area (Å²) in [6.45, 7) is 3.88. The third-order valence-electron chi connectivity index (χ3n) is 3.96. The lowest BCUT2D eigenvalue weighted by atomic mass is 10.3. The molecule has 3 N–H and O–H groups in total. The summed E-state index contributed by atoms with van der Waals surface area (Å²) in [6.07, 6.45) is 2.73. The molecule has 27 heavy (non-hydrogen) atoms. The summed E-state index contributed by atoms with van der Waals surface area (Å²) in [4.78, 5) is 8.69. The number of aromatic nitrogens is 4. The van der Waals surface area contributed by atoms with E-state index in [4.69, 9.17) is 4.74 Å². The molecule has 3 aromatic rings. The van der Waals surface area contributed by atoms with Gasteiger partial charge in [-0.1, -0.05) is 0 Å². The maximum atomic E-state index is 11.9. The Morgan fingerprint density at radius 2 is 1.93 bits per heavy atom. The first kappa shape index (κ1) is 18.6. The van der Waals surface area contributed by atoms with Gasteiger partial charge in [0.1, 0.15) is 11.6 Å². The third-order valence-corrected chi connectivity index (χ3v) is 5.05. The number of aromatic amines is 1. The van der Waals surface area contributed by atoms with Crippen molar-refractivity contribution >= 4 is 33.1 Å². The van der Waals surface area contributed by atoms with Gasteiger partial charge in [0.25, 0.3) is 0 Å². The van der Waals surface area contributed by atoms with Gasteiger partial charge in [0, 0.05) is 35.5 Å². The maximum absolute atomic E-state index is 11.9. The lowest BCUT2D eigenvalue weighted by molar-refractivity contribution is 0.413. The highest BCUT2D eigenvalue weighted by atomic mass is 32.2. The van der Waals surface area contributed by atoms with Crippen LogP contribution in [0.3, 0.4) is 0 Å². The molecule has 0 amide bonds. The average Bonchev–Trinajstić information content (AvgIpc) is 2.93. The minimum Gasteiger partial charge on any atom is -0.497 e. The van der Waals surface area contributed by atoms with Gasteiger partial charge >= 0.3 is 0 Å². The monoisotopic (exact) mass is 388 g/mol. The SMILES string of the molecule is COc1cc(Nc2nccc(Nc3n[nH]c(C)c3C)n2)cc(S(C)(=O)=O)c1. The Hall–Kier alpha value is -3.14. The van der Waals surface area contributed by atoms with Crippen molar-refractivity contribution in [2.24, 2.45) is 0 Å². The summed E-state index contributed by atoms with van der Waals surface area (Å²) in [5.41, 5.74) is 2.46. The Bertz CT molecular complexity index is 1080.